The summed E-state index contributed by atoms with van der Waals surface area (Å²) < 4.78 is 12.9. The first-order chi connectivity index (χ1) is 29.0. The number of carbonyl (C=O) groups excluding carboxylic acids is 4. The van der Waals surface area contributed by atoms with Crippen molar-refractivity contribution in [2.24, 2.45) is 10.7 Å². The number of anilines is 4. The molecule has 0 spiro atoms. The topological polar surface area (TPSA) is 223 Å². The third-order valence-electron chi connectivity index (χ3n) is 9.84. The molecule has 4 aliphatic rings. The fourth-order valence-electron chi connectivity index (χ4n) is 6.91. The molecule has 4 amide bonds. The van der Waals surface area contributed by atoms with Crippen LogP contribution < -0.4 is 36.5 Å². The number of cyclic esters (lactones) is 2. The maximum Gasteiger partial charge on any atom is 0.414 e. The van der Waals surface area contributed by atoms with E-state index in [1.165, 1.54) is 33.7 Å². The van der Waals surface area contributed by atoms with Crippen LogP contribution in [0, 0.1) is 0 Å². The van der Waals surface area contributed by atoms with Crippen LogP contribution in [0.2, 0.25) is 0 Å². The average Bonchev–Trinajstić information content (AvgIpc) is 4.07. The highest BCUT2D eigenvalue weighted by atomic mass is 32.1. The van der Waals surface area contributed by atoms with Crippen molar-refractivity contribution in [3.05, 3.63) is 117 Å². The molecule has 60 heavy (non-hydrogen) atoms. The Kier molecular flexibility index (Phi) is 14.1. The average molecular weight is 857 g/mol. The van der Waals surface area contributed by atoms with E-state index in [-0.39, 0.29) is 40.3 Å². The quantitative estimate of drug-likeness (QED) is 0.178. The van der Waals surface area contributed by atoms with E-state index >= 15 is 0 Å². The van der Waals surface area contributed by atoms with Gasteiger partial charge in [0.2, 0.25) is 0 Å². The molecule has 0 unspecified atom stereocenters. The minimum absolute atomic E-state index is 0.149. The minimum Gasteiger partial charge on any atom is -0.443 e. The number of benzene rings is 2. The van der Waals surface area contributed by atoms with E-state index in [2.05, 4.69) is 22.4 Å². The van der Waals surface area contributed by atoms with Gasteiger partial charge in [0.25, 0.3) is 22.9 Å². The van der Waals surface area contributed by atoms with E-state index in [1.54, 1.807) is 68.1 Å². The number of carbonyl (C=O) groups is 4. The smallest absolute Gasteiger partial charge is 0.414 e. The molecule has 4 aromatic rings. The van der Waals surface area contributed by atoms with Crippen molar-refractivity contribution in [3.8, 4) is 0 Å². The summed E-state index contributed by atoms with van der Waals surface area (Å²) in [6.45, 7) is 1.51. The number of hydrogen-bond acceptors (Lipinski definition) is 14. The highest BCUT2D eigenvalue weighted by Gasteiger charge is 2.34. The Morgan fingerprint density at radius 1 is 0.733 bits per heavy atom. The van der Waals surface area contributed by atoms with Crippen molar-refractivity contribution in [3.63, 3.8) is 0 Å². The fourth-order valence-corrected chi connectivity index (χ4v) is 7.29. The van der Waals surface area contributed by atoms with E-state index < -0.39 is 25.4 Å². The molecular weight excluding hydrogens is 817 g/mol. The van der Waals surface area contributed by atoms with E-state index in [1.807, 2.05) is 12.1 Å². The predicted octanol–water partition coefficient (Wildman–Crippen LogP) is 1.54. The lowest BCUT2D eigenvalue weighted by molar-refractivity contribution is -0.121. The van der Waals surface area contributed by atoms with Crippen molar-refractivity contribution in [2.45, 2.75) is 25.0 Å². The SMILES string of the molecule is NC[C@H]1CN(c2ccc3c(c2)CCN3C(=O)CO)C(=O)O1.O=C1O[C@@H](CN=C=S)CN1c1ccc2c(c1)CCN2C(=O)CO.O=c1ccccn1C(=S)n1ccccc1=O. The van der Waals surface area contributed by atoms with Crippen LogP contribution >= 0.6 is 24.4 Å². The number of aliphatic hydroxyl groups is 2. The molecule has 2 atom stereocenters. The standard InChI is InChI=1S/C15H15N3O4S.C14H17N3O4.C11H8N2O2S/c19-8-14(20)17-4-3-10-5-11(1-2-13(10)17)18-7-12(6-16-9-23)22-15(18)21;15-6-11-7-17(14(20)21-11)10-1-2-12-9(5-10)3-4-16(12)13(19)8-18;14-9-5-1-3-7-12(9)11(16)13-8-4-2-6-10(13)15/h1-2,5,12,19H,3-4,6-8H2;1-2,5,11,18H,3-4,6-8,15H2;1-8H/t12-;11-;/m00./s1. The first kappa shape index (κ1) is 43.2. The zero-order chi connectivity index (χ0) is 42.9. The van der Waals surface area contributed by atoms with Gasteiger partial charge in [-0.15, -0.1) is 0 Å². The summed E-state index contributed by atoms with van der Waals surface area (Å²) in [6, 6.07) is 20.3. The first-order valence-electron chi connectivity index (χ1n) is 18.7. The Hall–Kier alpha value is -6.41. The molecule has 2 saturated heterocycles. The van der Waals surface area contributed by atoms with Crippen molar-refractivity contribution < 1.29 is 38.9 Å². The van der Waals surface area contributed by atoms with Gasteiger partial charge in [-0.2, -0.15) is 0 Å². The lowest BCUT2D eigenvalue weighted by Crippen LogP contribution is -2.35. The minimum atomic E-state index is -0.512. The number of aliphatic imine (C=N–C) groups is 1. The molecule has 0 saturated carbocycles. The zero-order valence-electron chi connectivity index (χ0n) is 32.0. The van der Waals surface area contributed by atoms with Gasteiger partial charge in [-0.25, -0.2) is 14.6 Å². The highest BCUT2D eigenvalue weighted by molar-refractivity contribution is 7.80. The van der Waals surface area contributed by atoms with Crippen LogP contribution in [0.5, 0.6) is 0 Å². The number of nitrogens with zero attached hydrogens (tertiary/aromatic N) is 7. The van der Waals surface area contributed by atoms with Crippen LogP contribution in [-0.2, 0) is 31.9 Å². The number of thiocarbonyl (C=S) groups is 2. The van der Waals surface area contributed by atoms with E-state index in [9.17, 15) is 28.8 Å². The van der Waals surface area contributed by atoms with Crippen LogP contribution in [0.3, 0.4) is 0 Å². The largest absolute Gasteiger partial charge is 0.443 e. The number of ether oxygens (including phenoxy) is 2. The van der Waals surface area contributed by atoms with Crippen LogP contribution in [0.4, 0.5) is 32.3 Å². The molecular formula is C40H40N8O10S2. The molecule has 0 radical (unpaired) electrons. The van der Waals surface area contributed by atoms with Crippen molar-refractivity contribution in [1.82, 2.24) is 9.13 Å². The molecule has 2 fully saturated rings. The summed E-state index contributed by atoms with van der Waals surface area (Å²) in [7, 11) is 0. The third kappa shape index (κ3) is 9.55. The molecule has 4 aliphatic heterocycles. The number of nitrogens with two attached hydrogens (primary N) is 1. The number of rotatable bonds is 7. The summed E-state index contributed by atoms with van der Waals surface area (Å²) in [5.41, 5.74) is 9.99. The number of hydrogen-bond donors (Lipinski definition) is 3. The van der Waals surface area contributed by atoms with E-state index in [4.69, 9.17) is 37.6 Å². The molecule has 0 aliphatic carbocycles. The Labute approximate surface area is 353 Å². The van der Waals surface area contributed by atoms with E-state index in [0.717, 1.165) is 33.9 Å². The Balaban J connectivity index is 0.000000153. The number of isothiocyanates is 1. The first-order valence-corrected chi connectivity index (χ1v) is 19.5. The maximum absolute atomic E-state index is 12.0. The summed E-state index contributed by atoms with van der Waals surface area (Å²) in [5.74, 6) is -0.638. The summed E-state index contributed by atoms with van der Waals surface area (Å²) in [6.07, 6.45) is 3.03. The van der Waals surface area contributed by atoms with E-state index in [0.29, 0.717) is 52.1 Å². The molecule has 0 bridgehead atoms. The van der Waals surface area contributed by atoms with Crippen LogP contribution in [0.25, 0.3) is 0 Å². The highest BCUT2D eigenvalue weighted by Crippen LogP contribution is 2.34. The van der Waals surface area contributed by atoms with Gasteiger partial charge in [0.05, 0.1) is 24.8 Å². The number of amides is 4. The normalized spacial score (nSPS) is 17.3. The van der Waals surface area contributed by atoms with Gasteiger partial charge in [-0.1, -0.05) is 12.1 Å². The molecule has 2 aromatic heterocycles. The Morgan fingerprint density at radius 3 is 1.62 bits per heavy atom. The maximum atomic E-state index is 12.0. The molecule has 6 heterocycles. The number of pyridine rings is 2. The number of aromatic nitrogens is 2. The van der Waals surface area contributed by atoms with Gasteiger partial charge >= 0.3 is 12.2 Å². The van der Waals surface area contributed by atoms with Crippen LogP contribution in [-0.4, -0.2) is 118 Å². The number of fused-ring (bicyclic) bond motifs is 2. The van der Waals surface area contributed by atoms with Crippen LogP contribution in [0.1, 0.15) is 11.1 Å². The predicted molar refractivity (Wildman–Crippen MR) is 228 cm³/mol. The van der Waals surface area contributed by atoms with Crippen molar-refractivity contribution in [1.29, 1.82) is 0 Å². The van der Waals surface area contributed by atoms with Gasteiger partial charge in [0.15, 0.2) is 5.11 Å². The van der Waals surface area contributed by atoms with Crippen LogP contribution in [0.15, 0.2) is 99.8 Å². The molecule has 2 aromatic carbocycles. The molecule has 18 nitrogen and oxygen atoms in total. The van der Waals surface area contributed by atoms with Gasteiger partial charge in [-0.05, 0) is 96.9 Å². The summed E-state index contributed by atoms with van der Waals surface area (Å²) >= 11 is 9.60. The molecule has 8 rings (SSSR count). The van der Waals surface area contributed by atoms with Crippen molar-refractivity contribution >= 4 is 81.5 Å². The Bertz CT molecular complexity index is 2410. The second-order valence-corrected chi connectivity index (χ2v) is 14.1. The molecule has 20 heteroatoms. The summed E-state index contributed by atoms with van der Waals surface area (Å²) in [5, 5.41) is 20.4. The van der Waals surface area contributed by atoms with Gasteiger partial charge < -0.3 is 35.2 Å². The monoisotopic (exact) mass is 856 g/mol. The fraction of sp³-hybridized carbons (Fsp3) is 0.300. The number of aliphatic hydroxyl groups excluding tert-OH is 2. The van der Waals surface area contributed by atoms with Crippen molar-refractivity contribution in [2.75, 3.05) is 72.1 Å². The summed E-state index contributed by atoms with van der Waals surface area (Å²) in [4.78, 5) is 80.1. The van der Waals surface area contributed by atoms with Gasteiger partial charge in [-0.3, -0.25) is 38.1 Å². The lowest BCUT2D eigenvalue weighted by atomic mass is 10.1. The zero-order valence-corrected chi connectivity index (χ0v) is 33.6. The Morgan fingerprint density at radius 2 is 1.20 bits per heavy atom. The molecule has 312 valence electrons. The third-order valence-corrected chi connectivity index (χ3v) is 10.4. The molecule has 4 N–H and O–H groups in total. The second-order valence-electron chi connectivity index (χ2n) is 13.5. The second kappa shape index (κ2) is 19.6. The lowest BCUT2D eigenvalue weighted by Gasteiger charge is -2.18. The van der Waals surface area contributed by atoms with Gasteiger partial charge in [0.1, 0.15) is 25.4 Å². The van der Waals surface area contributed by atoms with Gasteiger partial charge in [0, 0.05) is 66.9 Å².